The van der Waals surface area contributed by atoms with E-state index < -0.39 is 5.41 Å². The zero-order chi connectivity index (χ0) is 14.6. The first-order valence-electron chi connectivity index (χ1n) is 6.34. The smallest absolute Gasteiger partial charge is 0.161 e. The Morgan fingerprint density at radius 3 is 2.50 bits per heavy atom. The first kappa shape index (κ1) is 14.2. The van der Waals surface area contributed by atoms with E-state index in [0.717, 1.165) is 17.6 Å². The number of hydrogen-bond acceptors (Lipinski definition) is 4. The van der Waals surface area contributed by atoms with Crippen molar-refractivity contribution in [2.75, 3.05) is 14.2 Å². The van der Waals surface area contributed by atoms with Crippen molar-refractivity contribution in [3.63, 3.8) is 0 Å². The summed E-state index contributed by atoms with van der Waals surface area (Å²) in [6.07, 6.45) is 3.05. The van der Waals surface area contributed by atoms with E-state index in [4.69, 9.17) is 13.9 Å². The van der Waals surface area contributed by atoms with Gasteiger partial charge in [-0.1, -0.05) is 6.07 Å². The number of benzene rings is 1. The predicted molar refractivity (Wildman–Crippen MR) is 75.4 cm³/mol. The maximum atomic E-state index is 11.6. The van der Waals surface area contributed by atoms with Gasteiger partial charge >= 0.3 is 0 Å². The van der Waals surface area contributed by atoms with Crippen LogP contribution >= 0.6 is 0 Å². The van der Waals surface area contributed by atoms with Crippen molar-refractivity contribution in [3.05, 3.63) is 47.9 Å². The number of ether oxygens (including phenoxy) is 2. The summed E-state index contributed by atoms with van der Waals surface area (Å²) in [5, 5.41) is 0. The number of furan rings is 1. The third kappa shape index (κ3) is 2.69. The summed E-state index contributed by atoms with van der Waals surface area (Å²) in [4.78, 5) is 11.6. The van der Waals surface area contributed by atoms with E-state index >= 15 is 0 Å². The number of carbonyl (C=O) groups is 1. The molecule has 0 amide bonds. The molecule has 0 aliphatic rings. The maximum Gasteiger partial charge on any atom is 0.161 e. The molecule has 1 unspecified atom stereocenters. The molecule has 0 bridgehead atoms. The van der Waals surface area contributed by atoms with Gasteiger partial charge in [0.05, 0.1) is 25.9 Å². The molecule has 4 heteroatoms. The third-order valence-electron chi connectivity index (χ3n) is 3.42. The van der Waals surface area contributed by atoms with E-state index in [1.54, 1.807) is 26.5 Å². The van der Waals surface area contributed by atoms with Crippen molar-refractivity contribution in [1.82, 2.24) is 0 Å². The fourth-order valence-electron chi connectivity index (χ4n) is 2.18. The van der Waals surface area contributed by atoms with E-state index in [-0.39, 0.29) is 0 Å². The molecule has 1 atom stereocenters. The number of rotatable bonds is 6. The van der Waals surface area contributed by atoms with Crippen LogP contribution in [0.25, 0.3) is 0 Å². The van der Waals surface area contributed by atoms with Gasteiger partial charge in [0.25, 0.3) is 0 Å². The van der Waals surface area contributed by atoms with E-state index in [1.807, 2.05) is 31.2 Å². The van der Waals surface area contributed by atoms with Crippen LogP contribution < -0.4 is 9.47 Å². The van der Waals surface area contributed by atoms with Crippen LogP contribution in [0.3, 0.4) is 0 Å². The van der Waals surface area contributed by atoms with E-state index in [2.05, 4.69) is 0 Å². The number of hydrogen-bond donors (Lipinski definition) is 0. The lowest BCUT2D eigenvalue weighted by molar-refractivity contribution is -0.112. The topological polar surface area (TPSA) is 48.7 Å². The molecule has 2 aromatic rings. The van der Waals surface area contributed by atoms with E-state index in [9.17, 15) is 4.79 Å². The molecule has 106 valence electrons. The second-order valence-electron chi connectivity index (χ2n) is 4.86. The largest absolute Gasteiger partial charge is 0.493 e. The maximum absolute atomic E-state index is 11.6. The summed E-state index contributed by atoms with van der Waals surface area (Å²) >= 11 is 0. The first-order valence-corrected chi connectivity index (χ1v) is 6.34. The standard InChI is InChI=1S/C16H18O4/c1-16(11-17,10-13-5-4-8-20-13)12-6-7-14(18-2)15(9-12)19-3/h4-9,11H,10H2,1-3H3. The van der Waals surface area contributed by atoms with Gasteiger partial charge in [-0.25, -0.2) is 0 Å². The summed E-state index contributed by atoms with van der Waals surface area (Å²) in [7, 11) is 3.16. The molecule has 4 nitrogen and oxygen atoms in total. The Morgan fingerprint density at radius 1 is 1.20 bits per heavy atom. The Kier molecular flexibility index (Phi) is 4.13. The van der Waals surface area contributed by atoms with Crippen LogP contribution in [0.5, 0.6) is 11.5 Å². The lowest BCUT2D eigenvalue weighted by Gasteiger charge is -2.23. The fraction of sp³-hybridized carbons (Fsp3) is 0.312. The molecule has 2 rings (SSSR count). The molecular weight excluding hydrogens is 256 g/mol. The monoisotopic (exact) mass is 274 g/mol. The molecule has 0 N–H and O–H groups in total. The Labute approximate surface area is 118 Å². The molecule has 0 saturated carbocycles. The number of carbonyl (C=O) groups excluding carboxylic acids is 1. The number of methoxy groups -OCH3 is 2. The molecule has 1 aromatic heterocycles. The lowest BCUT2D eigenvalue weighted by Crippen LogP contribution is -2.26. The van der Waals surface area contributed by atoms with Gasteiger partial charge in [-0.15, -0.1) is 0 Å². The molecule has 0 fully saturated rings. The van der Waals surface area contributed by atoms with Crippen molar-refractivity contribution < 1.29 is 18.7 Å². The van der Waals surface area contributed by atoms with Crippen LogP contribution in [0.15, 0.2) is 41.0 Å². The van der Waals surface area contributed by atoms with Gasteiger partial charge in [-0.05, 0) is 36.8 Å². The molecule has 0 radical (unpaired) electrons. The van der Waals surface area contributed by atoms with Crippen LogP contribution in [-0.2, 0) is 16.6 Å². The normalized spacial score (nSPS) is 13.6. The Morgan fingerprint density at radius 2 is 1.95 bits per heavy atom. The molecule has 1 aromatic carbocycles. The SMILES string of the molecule is COc1ccc(C(C)(C=O)Cc2ccco2)cc1OC. The van der Waals surface area contributed by atoms with Crippen molar-refractivity contribution in [3.8, 4) is 11.5 Å². The molecule has 0 aliphatic heterocycles. The highest BCUT2D eigenvalue weighted by Crippen LogP contribution is 2.34. The summed E-state index contributed by atoms with van der Waals surface area (Å²) in [6, 6.07) is 9.19. The lowest BCUT2D eigenvalue weighted by atomic mass is 9.80. The highest BCUT2D eigenvalue weighted by molar-refractivity contribution is 5.69. The molecule has 0 aliphatic carbocycles. The van der Waals surface area contributed by atoms with Gasteiger partial charge in [-0.3, -0.25) is 0 Å². The quantitative estimate of drug-likeness (QED) is 0.760. The van der Waals surface area contributed by atoms with Crippen LogP contribution in [0.4, 0.5) is 0 Å². The zero-order valence-corrected chi connectivity index (χ0v) is 11.9. The van der Waals surface area contributed by atoms with Gasteiger partial charge in [0, 0.05) is 6.42 Å². The average molecular weight is 274 g/mol. The molecule has 0 spiro atoms. The van der Waals surface area contributed by atoms with Gasteiger partial charge in [0.1, 0.15) is 12.0 Å². The minimum Gasteiger partial charge on any atom is -0.493 e. The summed E-state index contributed by atoms with van der Waals surface area (Å²) < 4.78 is 15.8. The summed E-state index contributed by atoms with van der Waals surface area (Å²) in [5.41, 5.74) is 0.193. The fourth-order valence-corrected chi connectivity index (χ4v) is 2.18. The minimum atomic E-state index is -0.669. The predicted octanol–water partition coefficient (Wildman–Crippen LogP) is 3.00. The van der Waals surface area contributed by atoms with Crippen molar-refractivity contribution in [2.45, 2.75) is 18.8 Å². The van der Waals surface area contributed by atoms with Crippen LogP contribution in [-0.4, -0.2) is 20.5 Å². The summed E-state index contributed by atoms with van der Waals surface area (Å²) in [5.74, 6) is 2.02. The van der Waals surface area contributed by atoms with Crippen molar-refractivity contribution >= 4 is 6.29 Å². The van der Waals surface area contributed by atoms with Gasteiger partial charge in [0.2, 0.25) is 0 Å². The zero-order valence-electron chi connectivity index (χ0n) is 11.9. The first-order chi connectivity index (χ1) is 9.62. The third-order valence-corrected chi connectivity index (χ3v) is 3.42. The van der Waals surface area contributed by atoms with Gasteiger partial charge in [0.15, 0.2) is 11.5 Å². The van der Waals surface area contributed by atoms with Gasteiger partial charge in [-0.2, -0.15) is 0 Å². The van der Waals surface area contributed by atoms with Crippen molar-refractivity contribution in [1.29, 1.82) is 0 Å². The molecule has 20 heavy (non-hydrogen) atoms. The van der Waals surface area contributed by atoms with E-state index in [0.29, 0.717) is 17.9 Å². The Balaban J connectivity index is 2.37. The number of aldehydes is 1. The van der Waals surface area contributed by atoms with Crippen LogP contribution in [0, 0.1) is 0 Å². The highest BCUT2D eigenvalue weighted by Gasteiger charge is 2.29. The van der Waals surface area contributed by atoms with Gasteiger partial charge < -0.3 is 18.7 Å². The average Bonchev–Trinajstić information content (AvgIpc) is 2.99. The van der Waals surface area contributed by atoms with Crippen molar-refractivity contribution in [2.24, 2.45) is 0 Å². The summed E-state index contributed by atoms with van der Waals surface area (Å²) in [6.45, 7) is 1.88. The minimum absolute atomic E-state index is 0.499. The Bertz CT molecular complexity index is 574. The molecule has 1 heterocycles. The van der Waals surface area contributed by atoms with Crippen LogP contribution in [0.2, 0.25) is 0 Å². The second kappa shape index (κ2) is 5.82. The Hall–Kier alpha value is -2.23. The highest BCUT2D eigenvalue weighted by atomic mass is 16.5. The second-order valence-corrected chi connectivity index (χ2v) is 4.86. The molecule has 0 saturated heterocycles. The molecular formula is C16H18O4. The van der Waals surface area contributed by atoms with Crippen LogP contribution in [0.1, 0.15) is 18.2 Å². The van der Waals surface area contributed by atoms with E-state index in [1.165, 1.54) is 0 Å².